The maximum absolute atomic E-state index is 12.2. The van der Waals surface area contributed by atoms with Gasteiger partial charge in [0.25, 0.3) is 0 Å². The average molecular weight is 237 g/mol. The molecule has 2 aromatic rings. The van der Waals surface area contributed by atoms with Gasteiger partial charge in [-0.3, -0.25) is 4.79 Å². The van der Waals surface area contributed by atoms with Crippen molar-refractivity contribution in [1.29, 1.82) is 0 Å². The zero-order chi connectivity index (χ0) is 12.4. The second-order valence-electron chi connectivity index (χ2n) is 4.67. The van der Waals surface area contributed by atoms with Crippen LogP contribution >= 0.6 is 0 Å². The van der Waals surface area contributed by atoms with E-state index in [0.29, 0.717) is 6.42 Å². The molecular formula is C16H15NO. The molecule has 3 rings (SSSR count). The summed E-state index contributed by atoms with van der Waals surface area (Å²) in [5.41, 5.74) is 4.46. The van der Waals surface area contributed by atoms with Gasteiger partial charge in [0.15, 0.2) is 5.78 Å². The van der Waals surface area contributed by atoms with Crippen LogP contribution < -0.4 is 5.32 Å². The summed E-state index contributed by atoms with van der Waals surface area (Å²) in [6.07, 6.45) is 0.479. The molecule has 0 amide bonds. The summed E-state index contributed by atoms with van der Waals surface area (Å²) in [6.45, 7) is 1.80. The van der Waals surface area contributed by atoms with Gasteiger partial charge in [0.2, 0.25) is 0 Å². The Hall–Kier alpha value is -1.93. The van der Waals surface area contributed by atoms with Gasteiger partial charge in [-0.15, -0.1) is 0 Å². The zero-order valence-corrected chi connectivity index (χ0v) is 10.1. The highest BCUT2D eigenvalue weighted by molar-refractivity contribution is 5.97. The second-order valence-corrected chi connectivity index (χ2v) is 4.67. The zero-order valence-electron chi connectivity index (χ0n) is 10.1. The van der Waals surface area contributed by atoms with Gasteiger partial charge in [-0.1, -0.05) is 42.5 Å². The average Bonchev–Trinajstić information content (AvgIpc) is 2.87. The van der Waals surface area contributed by atoms with E-state index in [2.05, 4.69) is 11.4 Å². The van der Waals surface area contributed by atoms with Crippen molar-refractivity contribution in [2.24, 2.45) is 0 Å². The van der Waals surface area contributed by atoms with Crippen LogP contribution in [0, 0.1) is 0 Å². The Kier molecular flexibility index (Phi) is 2.95. The molecule has 2 nitrogen and oxygen atoms in total. The third-order valence-corrected chi connectivity index (χ3v) is 3.37. The molecule has 2 heteroatoms. The molecule has 0 aromatic heterocycles. The molecule has 1 N–H and O–H groups in total. The first-order valence-corrected chi connectivity index (χ1v) is 6.22. The third kappa shape index (κ3) is 2.20. The maximum Gasteiger partial charge on any atom is 0.167 e. The van der Waals surface area contributed by atoms with Crippen molar-refractivity contribution >= 4 is 5.78 Å². The molecule has 0 unspecified atom stereocenters. The smallest absolute Gasteiger partial charge is 0.167 e. The number of hydrogen-bond donors (Lipinski definition) is 1. The monoisotopic (exact) mass is 237 g/mol. The Morgan fingerprint density at radius 2 is 1.78 bits per heavy atom. The topological polar surface area (TPSA) is 29.1 Å². The number of benzene rings is 2. The van der Waals surface area contributed by atoms with Gasteiger partial charge in [-0.2, -0.15) is 0 Å². The minimum absolute atomic E-state index is 0.191. The van der Waals surface area contributed by atoms with Crippen LogP contribution in [-0.2, 0) is 19.5 Å². The lowest BCUT2D eigenvalue weighted by molar-refractivity contribution is 0.0993. The van der Waals surface area contributed by atoms with Crippen LogP contribution in [0.2, 0.25) is 0 Å². The third-order valence-electron chi connectivity index (χ3n) is 3.37. The molecule has 0 radical (unpaired) electrons. The predicted octanol–water partition coefficient (Wildman–Crippen LogP) is 2.72. The van der Waals surface area contributed by atoms with Gasteiger partial charge < -0.3 is 5.32 Å². The number of Topliss-reactive ketones (excluding diaryl/α,β-unsaturated/α-hetero) is 1. The molecule has 90 valence electrons. The van der Waals surface area contributed by atoms with Gasteiger partial charge in [0.1, 0.15) is 0 Å². The van der Waals surface area contributed by atoms with Crippen molar-refractivity contribution in [2.75, 3.05) is 0 Å². The fraction of sp³-hybridized carbons (Fsp3) is 0.188. The number of nitrogens with one attached hydrogen (secondary N) is 1. The van der Waals surface area contributed by atoms with E-state index in [9.17, 15) is 4.79 Å². The second kappa shape index (κ2) is 4.75. The lowest BCUT2D eigenvalue weighted by atomic mass is 9.99. The minimum Gasteiger partial charge on any atom is -0.309 e. The highest BCUT2D eigenvalue weighted by atomic mass is 16.1. The molecule has 0 atom stereocenters. The highest BCUT2D eigenvalue weighted by Crippen LogP contribution is 2.18. The molecule has 0 bridgehead atoms. The van der Waals surface area contributed by atoms with E-state index in [1.165, 1.54) is 11.1 Å². The Morgan fingerprint density at radius 3 is 2.61 bits per heavy atom. The van der Waals surface area contributed by atoms with E-state index in [1.807, 2.05) is 42.5 Å². The van der Waals surface area contributed by atoms with Gasteiger partial charge in [-0.05, 0) is 22.8 Å². The molecule has 0 spiro atoms. The largest absolute Gasteiger partial charge is 0.309 e. The summed E-state index contributed by atoms with van der Waals surface area (Å²) in [7, 11) is 0. The van der Waals surface area contributed by atoms with E-state index < -0.39 is 0 Å². The number of hydrogen-bond acceptors (Lipinski definition) is 2. The number of rotatable bonds is 3. The van der Waals surface area contributed by atoms with E-state index in [0.717, 1.165) is 24.2 Å². The van der Waals surface area contributed by atoms with Gasteiger partial charge in [0, 0.05) is 25.1 Å². The molecule has 1 aliphatic heterocycles. The summed E-state index contributed by atoms with van der Waals surface area (Å²) >= 11 is 0. The van der Waals surface area contributed by atoms with Crippen molar-refractivity contribution < 1.29 is 4.79 Å². The summed E-state index contributed by atoms with van der Waals surface area (Å²) in [4.78, 5) is 12.2. The van der Waals surface area contributed by atoms with E-state index >= 15 is 0 Å². The molecule has 0 aliphatic carbocycles. The standard InChI is InChI=1S/C16H15NO/c18-16(8-12-4-2-1-3-5-12)13-6-7-14-10-17-11-15(14)9-13/h1-7,9,17H,8,10-11H2. The van der Waals surface area contributed by atoms with Crippen LogP contribution in [0.15, 0.2) is 48.5 Å². The van der Waals surface area contributed by atoms with Crippen molar-refractivity contribution in [3.8, 4) is 0 Å². The first kappa shape index (κ1) is 11.2. The van der Waals surface area contributed by atoms with Crippen LogP contribution in [0.3, 0.4) is 0 Å². The number of carbonyl (C=O) groups is 1. The lowest BCUT2D eigenvalue weighted by Gasteiger charge is -2.04. The van der Waals surface area contributed by atoms with Crippen LogP contribution in [0.5, 0.6) is 0 Å². The van der Waals surface area contributed by atoms with Gasteiger partial charge in [-0.25, -0.2) is 0 Å². The number of fused-ring (bicyclic) bond motifs is 1. The summed E-state index contributed by atoms with van der Waals surface area (Å²) in [5, 5.41) is 3.29. The summed E-state index contributed by atoms with van der Waals surface area (Å²) in [6, 6.07) is 15.9. The lowest BCUT2D eigenvalue weighted by Crippen LogP contribution is -2.04. The van der Waals surface area contributed by atoms with Crippen LogP contribution in [-0.4, -0.2) is 5.78 Å². The minimum atomic E-state index is 0.191. The first-order chi connectivity index (χ1) is 8.83. The van der Waals surface area contributed by atoms with Gasteiger partial charge >= 0.3 is 0 Å². The number of ketones is 1. The van der Waals surface area contributed by atoms with Crippen molar-refractivity contribution in [1.82, 2.24) is 5.32 Å². The molecule has 1 heterocycles. The molecular weight excluding hydrogens is 222 g/mol. The first-order valence-electron chi connectivity index (χ1n) is 6.22. The van der Waals surface area contributed by atoms with Gasteiger partial charge in [0.05, 0.1) is 0 Å². The van der Waals surface area contributed by atoms with Crippen LogP contribution in [0.1, 0.15) is 27.0 Å². The Morgan fingerprint density at radius 1 is 1.00 bits per heavy atom. The molecule has 0 saturated carbocycles. The fourth-order valence-electron chi connectivity index (χ4n) is 2.35. The molecule has 0 saturated heterocycles. The highest BCUT2D eigenvalue weighted by Gasteiger charge is 2.13. The Balaban J connectivity index is 1.81. The quantitative estimate of drug-likeness (QED) is 0.832. The molecule has 0 fully saturated rings. The maximum atomic E-state index is 12.2. The van der Waals surface area contributed by atoms with Crippen LogP contribution in [0.25, 0.3) is 0 Å². The van der Waals surface area contributed by atoms with E-state index in [1.54, 1.807) is 0 Å². The number of carbonyl (C=O) groups excluding carboxylic acids is 1. The SMILES string of the molecule is O=C(Cc1ccccc1)c1ccc2c(c1)CNC2. The van der Waals surface area contributed by atoms with E-state index in [-0.39, 0.29) is 5.78 Å². The fourth-order valence-corrected chi connectivity index (χ4v) is 2.35. The normalized spacial score (nSPS) is 13.3. The van der Waals surface area contributed by atoms with Crippen molar-refractivity contribution in [3.63, 3.8) is 0 Å². The Bertz CT molecular complexity index is 575. The molecule has 18 heavy (non-hydrogen) atoms. The summed E-state index contributed by atoms with van der Waals surface area (Å²) < 4.78 is 0. The molecule has 1 aliphatic rings. The van der Waals surface area contributed by atoms with E-state index in [4.69, 9.17) is 0 Å². The van der Waals surface area contributed by atoms with Crippen molar-refractivity contribution in [2.45, 2.75) is 19.5 Å². The van der Waals surface area contributed by atoms with Crippen LogP contribution in [0.4, 0.5) is 0 Å². The summed E-state index contributed by atoms with van der Waals surface area (Å²) in [5.74, 6) is 0.191. The Labute approximate surface area is 107 Å². The molecule has 2 aromatic carbocycles. The predicted molar refractivity (Wildman–Crippen MR) is 71.5 cm³/mol. The van der Waals surface area contributed by atoms with Crippen molar-refractivity contribution in [3.05, 3.63) is 70.8 Å².